The molecule has 1 saturated heterocycles. The molecule has 1 unspecified atom stereocenters. The second-order valence-electron chi connectivity index (χ2n) is 13.0. The summed E-state index contributed by atoms with van der Waals surface area (Å²) in [6.07, 6.45) is 13.9. The minimum absolute atomic E-state index is 0.0559. The van der Waals surface area contributed by atoms with E-state index in [9.17, 15) is 9.59 Å². The Bertz CT molecular complexity index is 1820. The molecule has 2 aromatic carbocycles. The average Bonchev–Trinajstić information content (AvgIpc) is 4.05. The molecule has 0 bridgehead atoms. The van der Waals surface area contributed by atoms with Crippen LogP contribution < -0.4 is 14.4 Å². The summed E-state index contributed by atoms with van der Waals surface area (Å²) < 4.78 is 12.2. The first-order chi connectivity index (χ1) is 23.9. The van der Waals surface area contributed by atoms with Crippen molar-refractivity contribution in [1.82, 2.24) is 34.9 Å². The van der Waals surface area contributed by atoms with Crippen LogP contribution >= 0.6 is 0 Å². The SMILES string of the molecule is CN(CC=CC(=O)N1CCC(N(C(=O)C=CCN(C)C2CC2)c2n[nH]c3ncnc(Oc4ccc(Oc5ccccc5)cc4)c23)C1)C1CC1. The van der Waals surface area contributed by atoms with Crippen LogP contribution in [0.25, 0.3) is 11.0 Å². The molecule has 0 spiro atoms. The third kappa shape index (κ3) is 7.98. The molecular weight excluding hydrogens is 620 g/mol. The lowest BCUT2D eigenvalue weighted by Gasteiger charge is -2.26. The van der Waals surface area contributed by atoms with E-state index in [-0.39, 0.29) is 23.7 Å². The zero-order valence-corrected chi connectivity index (χ0v) is 27.9. The number of anilines is 1. The monoisotopic (exact) mass is 662 g/mol. The van der Waals surface area contributed by atoms with Gasteiger partial charge >= 0.3 is 0 Å². The van der Waals surface area contributed by atoms with E-state index in [1.165, 1.54) is 32.0 Å². The fraction of sp³-hybridized carbons (Fsp3) is 0.378. The van der Waals surface area contributed by atoms with Crippen molar-refractivity contribution in [2.24, 2.45) is 0 Å². The third-order valence-electron chi connectivity index (χ3n) is 9.27. The van der Waals surface area contributed by atoms with Gasteiger partial charge in [0.15, 0.2) is 11.5 Å². The Balaban J connectivity index is 1.12. The smallest absolute Gasteiger partial charge is 0.252 e. The Labute approximate surface area is 286 Å². The predicted octanol–water partition coefficient (Wildman–Crippen LogP) is 5.17. The molecule has 3 aliphatic rings. The first-order valence-corrected chi connectivity index (χ1v) is 17.0. The number of likely N-dealkylation sites (tertiary alicyclic amines) is 1. The molecule has 12 heteroatoms. The van der Waals surface area contributed by atoms with Crippen LogP contribution in [0, 0.1) is 0 Å². The van der Waals surface area contributed by atoms with Crippen molar-refractivity contribution in [3.05, 3.63) is 85.2 Å². The number of aromatic nitrogens is 4. The maximum atomic E-state index is 14.0. The molecule has 2 saturated carbocycles. The van der Waals surface area contributed by atoms with Gasteiger partial charge in [0.2, 0.25) is 11.8 Å². The lowest BCUT2D eigenvalue weighted by atomic mass is 10.2. The summed E-state index contributed by atoms with van der Waals surface area (Å²) >= 11 is 0. The van der Waals surface area contributed by atoms with Gasteiger partial charge in [0.05, 0.1) is 6.04 Å². The van der Waals surface area contributed by atoms with Gasteiger partial charge in [-0.3, -0.25) is 29.4 Å². The molecule has 0 radical (unpaired) electrons. The van der Waals surface area contributed by atoms with Crippen LogP contribution in [0.3, 0.4) is 0 Å². The summed E-state index contributed by atoms with van der Waals surface area (Å²) in [7, 11) is 4.16. The van der Waals surface area contributed by atoms with Gasteiger partial charge in [-0.05, 0) is 82.6 Å². The number of carbonyl (C=O) groups is 2. The zero-order chi connectivity index (χ0) is 33.7. The predicted molar refractivity (Wildman–Crippen MR) is 187 cm³/mol. The third-order valence-corrected chi connectivity index (χ3v) is 9.27. The molecule has 49 heavy (non-hydrogen) atoms. The quantitative estimate of drug-likeness (QED) is 0.182. The Morgan fingerprint density at radius 1 is 0.816 bits per heavy atom. The number of hydrogen-bond donors (Lipinski definition) is 1. The number of ether oxygens (including phenoxy) is 2. The van der Waals surface area contributed by atoms with Crippen molar-refractivity contribution in [3.63, 3.8) is 0 Å². The first kappa shape index (κ1) is 32.5. The van der Waals surface area contributed by atoms with Crippen LogP contribution in [0.1, 0.15) is 32.1 Å². The second-order valence-corrected chi connectivity index (χ2v) is 13.0. The summed E-state index contributed by atoms with van der Waals surface area (Å²) in [6, 6.07) is 17.7. The van der Waals surface area contributed by atoms with Gasteiger partial charge in [-0.2, -0.15) is 5.10 Å². The molecule has 2 amide bonds. The summed E-state index contributed by atoms with van der Waals surface area (Å²) in [5.41, 5.74) is 0.438. The average molecular weight is 663 g/mol. The van der Waals surface area contributed by atoms with Crippen LogP contribution in [0.4, 0.5) is 5.82 Å². The minimum Gasteiger partial charge on any atom is -0.457 e. The number of amides is 2. The summed E-state index contributed by atoms with van der Waals surface area (Å²) in [5, 5.41) is 8.03. The largest absolute Gasteiger partial charge is 0.457 e. The number of rotatable bonds is 14. The van der Waals surface area contributed by atoms with E-state index < -0.39 is 0 Å². The van der Waals surface area contributed by atoms with Crippen molar-refractivity contribution in [3.8, 4) is 23.1 Å². The number of para-hydroxylation sites is 1. The zero-order valence-electron chi connectivity index (χ0n) is 27.9. The number of nitrogens with one attached hydrogen (secondary N) is 1. The van der Waals surface area contributed by atoms with Gasteiger partial charge in [-0.1, -0.05) is 30.4 Å². The van der Waals surface area contributed by atoms with Gasteiger partial charge in [0.1, 0.15) is 29.0 Å². The van der Waals surface area contributed by atoms with Gasteiger partial charge in [-0.25, -0.2) is 9.97 Å². The Hall–Kier alpha value is -5.07. The number of benzene rings is 2. The van der Waals surface area contributed by atoms with Crippen LogP contribution in [0.2, 0.25) is 0 Å². The lowest BCUT2D eigenvalue weighted by molar-refractivity contribution is -0.125. The van der Waals surface area contributed by atoms with Crippen molar-refractivity contribution >= 4 is 28.7 Å². The van der Waals surface area contributed by atoms with Crippen LogP contribution in [0.5, 0.6) is 23.1 Å². The number of nitrogens with zero attached hydrogens (tertiary/aromatic N) is 7. The van der Waals surface area contributed by atoms with Gasteiger partial charge < -0.3 is 14.4 Å². The molecule has 12 nitrogen and oxygen atoms in total. The van der Waals surface area contributed by atoms with E-state index in [2.05, 4.69) is 44.1 Å². The molecule has 2 aliphatic carbocycles. The summed E-state index contributed by atoms with van der Waals surface area (Å²) in [5.74, 6) is 2.27. The van der Waals surface area contributed by atoms with E-state index in [0.717, 1.165) is 12.3 Å². The van der Waals surface area contributed by atoms with Crippen molar-refractivity contribution in [2.75, 3.05) is 45.2 Å². The molecule has 3 fully saturated rings. The van der Waals surface area contributed by atoms with E-state index >= 15 is 0 Å². The van der Waals surface area contributed by atoms with E-state index in [4.69, 9.17) is 9.47 Å². The lowest BCUT2D eigenvalue weighted by Crippen LogP contribution is -2.42. The molecule has 1 N–H and O–H groups in total. The van der Waals surface area contributed by atoms with E-state index in [0.29, 0.717) is 66.5 Å². The fourth-order valence-corrected chi connectivity index (χ4v) is 6.15. The highest BCUT2D eigenvalue weighted by molar-refractivity contribution is 6.07. The molecule has 4 aromatic rings. The Kier molecular flexibility index (Phi) is 9.67. The Morgan fingerprint density at radius 3 is 2.12 bits per heavy atom. The number of aromatic amines is 1. The number of fused-ring (bicyclic) bond motifs is 1. The van der Waals surface area contributed by atoms with E-state index in [1.54, 1.807) is 34.1 Å². The number of H-pyrrole nitrogens is 1. The van der Waals surface area contributed by atoms with Gasteiger partial charge in [-0.15, -0.1) is 0 Å². The summed E-state index contributed by atoms with van der Waals surface area (Å²) in [6.45, 7) is 2.32. The number of carbonyl (C=O) groups excluding carboxylic acids is 2. The molecule has 254 valence electrons. The van der Waals surface area contributed by atoms with E-state index in [1.807, 2.05) is 54.6 Å². The molecule has 3 heterocycles. The highest BCUT2D eigenvalue weighted by Gasteiger charge is 2.36. The maximum absolute atomic E-state index is 14.0. The highest BCUT2D eigenvalue weighted by Crippen LogP contribution is 2.36. The van der Waals surface area contributed by atoms with Gasteiger partial charge in [0.25, 0.3) is 5.91 Å². The van der Waals surface area contributed by atoms with Crippen molar-refractivity contribution < 1.29 is 19.1 Å². The molecular formula is C37H42N8O4. The molecule has 1 aliphatic heterocycles. The second kappa shape index (κ2) is 14.6. The normalized spacial score (nSPS) is 18.0. The van der Waals surface area contributed by atoms with Crippen LogP contribution in [0.15, 0.2) is 85.2 Å². The van der Waals surface area contributed by atoms with Gasteiger partial charge in [0, 0.05) is 50.4 Å². The number of likely N-dealkylation sites (N-methyl/N-ethyl adjacent to an activating group) is 2. The Morgan fingerprint density at radius 2 is 1.45 bits per heavy atom. The van der Waals surface area contributed by atoms with Crippen molar-refractivity contribution in [2.45, 2.75) is 50.2 Å². The number of hydrogen-bond acceptors (Lipinski definition) is 9. The molecule has 7 rings (SSSR count). The molecule has 2 aromatic heterocycles. The highest BCUT2D eigenvalue weighted by atomic mass is 16.5. The topological polar surface area (TPSA) is 120 Å². The minimum atomic E-state index is -0.307. The summed E-state index contributed by atoms with van der Waals surface area (Å²) in [4.78, 5) is 44.0. The van der Waals surface area contributed by atoms with Crippen LogP contribution in [-0.2, 0) is 9.59 Å². The first-order valence-electron chi connectivity index (χ1n) is 17.0. The standard InChI is InChI=1S/C37H42N8O4/c1-42(26-12-13-26)21-6-10-32(46)44-23-20-28(24-44)45(33(47)11-7-22-43(2)27-14-15-27)36-34-35(40-41-36)38-25-39-37(34)49-31-18-16-30(17-19-31)48-29-8-4-3-5-9-29/h3-11,16-19,25-28H,12-15,20-24H2,1-2H3,(H,38,39,40,41). The van der Waals surface area contributed by atoms with Crippen molar-refractivity contribution in [1.29, 1.82) is 0 Å². The molecule has 1 atom stereocenters. The van der Waals surface area contributed by atoms with Crippen LogP contribution in [-0.4, -0.2) is 105 Å². The maximum Gasteiger partial charge on any atom is 0.252 e. The fourth-order valence-electron chi connectivity index (χ4n) is 6.15.